The SMILES string of the molecule is CCCCOC(CC)CC/C=C/CCCOc1ccccc1. The number of allylic oxidation sites excluding steroid dienone is 2. The van der Waals surface area contributed by atoms with Crippen molar-refractivity contribution in [3.63, 3.8) is 0 Å². The molecule has 0 amide bonds. The first-order valence-electron chi connectivity index (χ1n) is 8.81. The maximum Gasteiger partial charge on any atom is 0.119 e. The summed E-state index contributed by atoms with van der Waals surface area (Å²) in [6, 6.07) is 10.0. The van der Waals surface area contributed by atoms with E-state index in [4.69, 9.17) is 9.47 Å². The highest BCUT2D eigenvalue weighted by Gasteiger charge is 2.04. The van der Waals surface area contributed by atoms with Crippen molar-refractivity contribution in [3.05, 3.63) is 42.5 Å². The zero-order chi connectivity index (χ0) is 15.9. The molecule has 1 aromatic rings. The van der Waals surface area contributed by atoms with Gasteiger partial charge in [0.2, 0.25) is 0 Å². The van der Waals surface area contributed by atoms with Gasteiger partial charge >= 0.3 is 0 Å². The van der Waals surface area contributed by atoms with Crippen LogP contribution in [0.2, 0.25) is 0 Å². The standard InChI is InChI=1S/C20H32O2/c1-3-5-17-21-19(4-2)14-10-7-6-8-13-18-22-20-15-11-9-12-16-20/h6-7,9,11-12,15-16,19H,3-5,8,10,13-14,17-18H2,1-2H3/b7-6+. The van der Waals surface area contributed by atoms with Crippen LogP contribution in [-0.4, -0.2) is 19.3 Å². The summed E-state index contributed by atoms with van der Waals surface area (Å²) in [5, 5.41) is 0. The molecule has 1 aromatic carbocycles. The summed E-state index contributed by atoms with van der Waals surface area (Å²) in [6.07, 6.45) is 12.9. The first kappa shape index (κ1) is 18.8. The fourth-order valence-electron chi connectivity index (χ4n) is 2.23. The van der Waals surface area contributed by atoms with Gasteiger partial charge in [-0.25, -0.2) is 0 Å². The highest BCUT2D eigenvalue weighted by atomic mass is 16.5. The molecule has 0 aliphatic carbocycles. The summed E-state index contributed by atoms with van der Waals surface area (Å²) in [5.41, 5.74) is 0. The molecule has 0 bridgehead atoms. The monoisotopic (exact) mass is 304 g/mol. The van der Waals surface area contributed by atoms with Gasteiger partial charge in [0.15, 0.2) is 0 Å². The van der Waals surface area contributed by atoms with Gasteiger partial charge in [-0.3, -0.25) is 0 Å². The minimum atomic E-state index is 0.428. The van der Waals surface area contributed by atoms with E-state index in [9.17, 15) is 0 Å². The van der Waals surface area contributed by atoms with Crippen LogP contribution >= 0.6 is 0 Å². The Bertz CT molecular complexity index is 373. The molecule has 1 unspecified atom stereocenters. The van der Waals surface area contributed by atoms with E-state index in [2.05, 4.69) is 26.0 Å². The average molecular weight is 304 g/mol. The van der Waals surface area contributed by atoms with E-state index < -0.39 is 0 Å². The van der Waals surface area contributed by atoms with Crippen LogP contribution in [-0.2, 0) is 4.74 Å². The molecule has 0 aromatic heterocycles. The molecule has 0 aliphatic heterocycles. The zero-order valence-corrected chi connectivity index (χ0v) is 14.3. The van der Waals surface area contributed by atoms with Gasteiger partial charge in [0.1, 0.15) is 5.75 Å². The zero-order valence-electron chi connectivity index (χ0n) is 14.3. The second kappa shape index (κ2) is 13.4. The number of hydrogen-bond donors (Lipinski definition) is 0. The van der Waals surface area contributed by atoms with Crippen molar-refractivity contribution in [1.29, 1.82) is 0 Å². The molecule has 1 atom stereocenters. The van der Waals surface area contributed by atoms with Gasteiger partial charge < -0.3 is 9.47 Å². The van der Waals surface area contributed by atoms with E-state index in [1.807, 2.05) is 30.3 Å². The van der Waals surface area contributed by atoms with Crippen molar-refractivity contribution in [3.8, 4) is 5.75 Å². The number of benzene rings is 1. The first-order valence-corrected chi connectivity index (χ1v) is 8.81. The van der Waals surface area contributed by atoms with E-state index in [1.54, 1.807) is 0 Å². The molecular weight excluding hydrogens is 272 g/mol. The Kier molecular flexibility index (Phi) is 11.4. The summed E-state index contributed by atoms with van der Waals surface area (Å²) in [7, 11) is 0. The van der Waals surface area contributed by atoms with Crippen molar-refractivity contribution >= 4 is 0 Å². The summed E-state index contributed by atoms with van der Waals surface area (Å²) < 4.78 is 11.5. The lowest BCUT2D eigenvalue weighted by Gasteiger charge is -2.14. The fourth-order valence-corrected chi connectivity index (χ4v) is 2.23. The Morgan fingerprint density at radius 1 is 0.955 bits per heavy atom. The number of unbranched alkanes of at least 4 members (excludes halogenated alkanes) is 2. The Morgan fingerprint density at radius 2 is 1.73 bits per heavy atom. The van der Waals surface area contributed by atoms with Gasteiger partial charge in [0.25, 0.3) is 0 Å². The van der Waals surface area contributed by atoms with Crippen LogP contribution in [0.4, 0.5) is 0 Å². The summed E-state index contributed by atoms with van der Waals surface area (Å²) >= 11 is 0. The van der Waals surface area contributed by atoms with Crippen molar-refractivity contribution < 1.29 is 9.47 Å². The van der Waals surface area contributed by atoms with Gasteiger partial charge in [-0.15, -0.1) is 0 Å². The highest BCUT2D eigenvalue weighted by molar-refractivity contribution is 5.20. The lowest BCUT2D eigenvalue weighted by atomic mass is 10.1. The summed E-state index contributed by atoms with van der Waals surface area (Å²) in [5.74, 6) is 0.960. The molecule has 0 aliphatic rings. The molecular formula is C20H32O2. The highest BCUT2D eigenvalue weighted by Crippen LogP contribution is 2.10. The second-order valence-electron chi connectivity index (χ2n) is 5.61. The second-order valence-corrected chi connectivity index (χ2v) is 5.61. The summed E-state index contributed by atoms with van der Waals surface area (Å²) in [4.78, 5) is 0. The number of para-hydroxylation sites is 1. The first-order chi connectivity index (χ1) is 10.9. The lowest BCUT2D eigenvalue weighted by Crippen LogP contribution is -2.12. The van der Waals surface area contributed by atoms with Gasteiger partial charge in [-0.1, -0.05) is 50.6 Å². The smallest absolute Gasteiger partial charge is 0.119 e. The topological polar surface area (TPSA) is 18.5 Å². The molecule has 2 heteroatoms. The van der Waals surface area contributed by atoms with Crippen LogP contribution in [0.5, 0.6) is 5.75 Å². The minimum absolute atomic E-state index is 0.428. The van der Waals surface area contributed by atoms with E-state index in [1.165, 1.54) is 12.8 Å². The maximum absolute atomic E-state index is 5.87. The van der Waals surface area contributed by atoms with Gasteiger partial charge in [-0.2, -0.15) is 0 Å². The van der Waals surface area contributed by atoms with Crippen LogP contribution in [0, 0.1) is 0 Å². The maximum atomic E-state index is 5.87. The normalized spacial score (nSPS) is 12.6. The van der Waals surface area contributed by atoms with Gasteiger partial charge in [-0.05, 0) is 50.7 Å². The third-order valence-electron chi connectivity index (χ3n) is 3.66. The third-order valence-corrected chi connectivity index (χ3v) is 3.66. The molecule has 0 fully saturated rings. The Hall–Kier alpha value is -1.28. The molecule has 1 rings (SSSR count). The van der Waals surface area contributed by atoms with Crippen molar-refractivity contribution in [1.82, 2.24) is 0 Å². The Morgan fingerprint density at radius 3 is 2.45 bits per heavy atom. The molecule has 0 heterocycles. The van der Waals surface area contributed by atoms with Gasteiger partial charge in [0.05, 0.1) is 12.7 Å². The predicted molar refractivity (Wildman–Crippen MR) is 94.5 cm³/mol. The van der Waals surface area contributed by atoms with Crippen molar-refractivity contribution in [2.24, 2.45) is 0 Å². The molecule has 0 saturated heterocycles. The number of ether oxygens (including phenoxy) is 2. The van der Waals surface area contributed by atoms with Crippen molar-refractivity contribution in [2.45, 2.75) is 64.9 Å². The Balaban J connectivity index is 1.99. The fraction of sp³-hybridized carbons (Fsp3) is 0.600. The van der Waals surface area contributed by atoms with Gasteiger partial charge in [0, 0.05) is 6.61 Å². The van der Waals surface area contributed by atoms with Crippen LogP contribution in [0.1, 0.15) is 58.8 Å². The van der Waals surface area contributed by atoms with E-state index in [-0.39, 0.29) is 0 Å². The Labute approximate surface area is 136 Å². The molecule has 124 valence electrons. The molecule has 22 heavy (non-hydrogen) atoms. The predicted octanol–water partition coefficient (Wildman–Crippen LogP) is 5.78. The quantitative estimate of drug-likeness (QED) is 0.340. The molecule has 2 nitrogen and oxygen atoms in total. The van der Waals surface area contributed by atoms with Crippen LogP contribution in [0.25, 0.3) is 0 Å². The third kappa shape index (κ3) is 9.62. The largest absolute Gasteiger partial charge is 0.494 e. The van der Waals surface area contributed by atoms with E-state index >= 15 is 0 Å². The number of hydrogen-bond acceptors (Lipinski definition) is 2. The lowest BCUT2D eigenvalue weighted by molar-refractivity contribution is 0.0438. The van der Waals surface area contributed by atoms with Crippen LogP contribution in [0.3, 0.4) is 0 Å². The molecule has 0 N–H and O–H groups in total. The van der Waals surface area contributed by atoms with Crippen LogP contribution in [0.15, 0.2) is 42.5 Å². The summed E-state index contributed by atoms with van der Waals surface area (Å²) in [6.45, 7) is 6.11. The average Bonchev–Trinajstić information content (AvgIpc) is 2.56. The molecule has 0 saturated carbocycles. The molecule has 0 spiro atoms. The van der Waals surface area contributed by atoms with Crippen LogP contribution < -0.4 is 4.74 Å². The van der Waals surface area contributed by atoms with Crippen molar-refractivity contribution in [2.75, 3.05) is 13.2 Å². The van der Waals surface area contributed by atoms with E-state index in [0.717, 1.165) is 51.1 Å². The molecule has 0 radical (unpaired) electrons. The number of rotatable bonds is 13. The van der Waals surface area contributed by atoms with E-state index in [0.29, 0.717) is 6.10 Å². The minimum Gasteiger partial charge on any atom is -0.494 e.